The second-order valence-corrected chi connectivity index (χ2v) is 11.3. The van der Waals surface area contributed by atoms with Crippen LogP contribution in [0.15, 0.2) is 28.3 Å². The number of amides is 1. The van der Waals surface area contributed by atoms with Gasteiger partial charge in [-0.15, -0.1) is 11.3 Å². The van der Waals surface area contributed by atoms with E-state index in [1.165, 1.54) is 38.5 Å². The van der Waals surface area contributed by atoms with Crippen LogP contribution in [0.4, 0.5) is 5.00 Å². The van der Waals surface area contributed by atoms with Crippen molar-refractivity contribution in [2.75, 3.05) is 24.2 Å². The maximum absolute atomic E-state index is 12.7. The van der Waals surface area contributed by atoms with E-state index in [-0.39, 0.29) is 16.6 Å². The van der Waals surface area contributed by atoms with E-state index < -0.39 is 10.0 Å². The summed E-state index contributed by atoms with van der Waals surface area (Å²) in [5.74, 6) is -0.0678. The minimum atomic E-state index is -3.50. The molecule has 0 saturated carbocycles. The number of nitriles is 1. The molecule has 0 aromatic carbocycles. The Morgan fingerprint density at radius 2 is 2.03 bits per heavy atom. The zero-order valence-electron chi connectivity index (χ0n) is 16.4. The summed E-state index contributed by atoms with van der Waals surface area (Å²) >= 11 is 2.73. The van der Waals surface area contributed by atoms with E-state index in [9.17, 15) is 18.5 Å². The van der Waals surface area contributed by atoms with Gasteiger partial charge in [-0.1, -0.05) is 18.2 Å². The number of rotatable bonds is 6. The van der Waals surface area contributed by atoms with Crippen LogP contribution in [0, 0.1) is 11.3 Å². The summed E-state index contributed by atoms with van der Waals surface area (Å²) in [6, 6.07) is 5.40. The average molecular weight is 463 g/mol. The molecule has 1 fully saturated rings. The minimum Gasteiger partial charge on any atom is -0.316 e. The molecule has 1 saturated heterocycles. The van der Waals surface area contributed by atoms with Crippen molar-refractivity contribution in [3.05, 3.63) is 34.3 Å². The second-order valence-electron chi connectivity index (χ2n) is 7.31. The molecule has 1 aliphatic heterocycles. The van der Waals surface area contributed by atoms with Gasteiger partial charge in [0.05, 0.1) is 16.3 Å². The molecule has 4 rings (SSSR count). The third kappa shape index (κ3) is 4.39. The summed E-state index contributed by atoms with van der Waals surface area (Å²) in [6.45, 7) is 1.10. The van der Waals surface area contributed by atoms with E-state index in [1.54, 1.807) is 12.1 Å². The molecule has 1 amide bonds. The van der Waals surface area contributed by atoms with Gasteiger partial charge in [-0.25, -0.2) is 13.4 Å². The molecular weight excluding hydrogens is 440 g/mol. The normalized spacial score (nSPS) is 16.8. The molecule has 3 heterocycles. The molecule has 2 aliphatic rings. The van der Waals surface area contributed by atoms with Gasteiger partial charge in [0, 0.05) is 24.2 Å². The first kappa shape index (κ1) is 21.3. The Hall–Kier alpha value is -1.93. The van der Waals surface area contributed by atoms with Crippen molar-refractivity contribution in [3.8, 4) is 6.07 Å². The van der Waals surface area contributed by atoms with Crippen molar-refractivity contribution < 1.29 is 13.2 Å². The van der Waals surface area contributed by atoms with Crippen LogP contribution < -0.4 is 5.32 Å². The van der Waals surface area contributed by atoms with Crippen molar-refractivity contribution in [2.24, 2.45) is 0 Å². The van der Waals surface area contributed by atoms with Gasteiger partial charge in [0.25, 0.3) is 0 Å². The second kappa shape index (κ2) is 9.06. The number of hydrogen-bond acceptors (Lipinski definition) is 7. The first-order valence-electron chi connectivity index (χ1n) is 9.92. The summed E-state index contributed by atoms with van der Waals surface area (Å²) in [5, 5.41) is 13.5. The van der Waals surface area contributed by atoms with Gasteiger partial charge in [-0.2, -0.15) is 9.57 Å². The van der Waals surface area contributed by atoms with Crippen molar-refractivity contribution in [2.45, 2.75) is 48.4 Å². The van der Waals surface area contributed by atoms with Crippen LogP contribution in [-0.4, -0.2) is 42.5 Å². The zero-order chi connectivity index (χ0) is 21.1. The molecule has 0 unspecified atom stereocenters. The van der Waals surface area contributed by atoms with E-state index in [1.807, 2.05) is 0 Å². The van der Waals surface area contributed by atoms with Gasteiger partial charge < -0.3 is 5.32 Å². The molecule has 0 bridgehead atoms. The molecule has 10 heteroatoms. The quantitative estimate of drug-likeness (QED) is 0.660. The van der Waals surface area contributed by atoms with Crippen LogP contribution in [0.3, 0.4) is 0 Å². The molecule has 0 spiro atoms. The highest BCUT2D eigenvalue weighted by Crippen LogP contribution is 2.38. The van der Waals surface area contributed by atoms with Gasteiger partial charge in [-0.3, -0.25) is 4.79 Å². The number of nitrogens with zero attached hydrogens (tertiary/aromatic N) is 3. The third-order valence-corrected chi connectivity index (χ3v) is 9.33. The number of carbonyl (C=O) groups excluding carboxylic acids is 1. The topological polar surface area (TPSA) is 103 Å². The first-order valence-corrected chi connectivity index (χ1v) is 13.2. The van der Waals surface area contributed by atoms with Crippen molar-refractivity contribution in [1.29, 1.82) is 5.26 Å². The average Bonchev–Trinajstić information content (AvgIpc) is 3.34. The number of sulfonamides is 1. The molecular formula is C20H22N4O3S3. The Morgan fingerprint density at radius 3 is 2.73 bits per heavy atom. The van der Waals surface area contributed by atoms with Crippen molar-refractivity contribution in [3.63, 3.8) is 0 Å². The van der Waals surface area contributed by atoms with Gasteiger partial charge in [0.15, 0.2) is 0 Å². The fourth-order valence-corrected chi connectivity index (χ4v) is 7.13. The monoisotopic (exact) mass is 462 g/mol. The Bertz CT molecular complexity index is 1080. The predicted octanol–water partition coefficient (Wildman–Crippen LogP) is 3.41. The van der Waals surface area contributed by atoms with E-state index in [0.29, 0.717) is 28.7 Å². The molecule has 0 radical (unpaired) electrons. The molecule has 7 nitrogen and oxygen atoms in total. The van der Waals surface area contributed by atoms with Crippen molar-refractivity contribution in [1.82, 2.24) is 9.29 Å². The van der Waals surface area contributed by atoms with E-state index in [0.717, 1.165) is 44.1 Å². The number of aromatic nitrogens is 1. The van der Waals surface area contributed by atoms with Crippen LogP contribution in [0.5, 0.6) is 0 Å². The molecule has 0 atom stereocenters. The smallest absolute Gasteiger partial charge is 0.244 e. The molecule has 158 valence electrons. The van der Waals surface area contributed by atoms with Crippen LogP contribution in [-0.2, 0) is 27.7 Å². The highest BCUT2D eigenvalue weighted by atomic mass is 32.2. The van der Waals surface area contributed by atoms with Crippen LogP contribution in [0.2, 0.25) is 0 Å². The Labute approximate surface area is 184 Å². The number of pyridine rings is 1. The zero-order valence-corrected chi connectivity index (χ0v) is 18.8. The molecule has 2 aromatic rings. The Balaban J connectivity index is 1.35. The van der Waals surface area contributed by atoms with Crippen molar-refractivity contribution >= 4 is 44.0 Å². The van der Waals surface area contributed by atoms with Crippen LogP contribution in [0.1, 0.15) is 41.7 Å². The number of anilines is 1. The predicted molar refractivity (Wildman–Crippen MR) is 117 cm³/mol. The summed E-state index contributed by atoms with van der Waals surface area (Å²) < 4.78 is 26.9. The lowest BCUT2D eigenvalue weighted by Gasteiger charge is -2.25. The van der Waals surface area contributed by atoms with Gasteiger partial charge in [0.1, 0.15) is 16.0 Å². The highest BCUT2D eigenvalue weighted by Gasteiger charge is 2.26. The number of thiophene rings is 1. The molecule has 1 aliphatic carbocycles. The van der Waals surface area contributed by atoms with Gasteiger partial charge >= 0.3 is 0 Å². The highest BCUT2D eigenvalue weighted by molar-refractivity contribution is 7.99. The lowest BCUT2D eigenvalue weighted by atomic mass is 10.1. The standard InChI is InChI=1S/C20H22N4O3S3/c21-11-16-15-5-4-6-17(15)29-20(16)23-18(25)13-28-19-8-7-14(12-22-19)30(26,27)24-9-2-1-3-10-24/h7-8,12H,1-6,9-10,13H2,(H,23,25). The summed E-state index contributed by atoms with van der Waals surface area (Å²) in [5.41, 5.74) is 1.67. The van der Waals surface area contributed by atoms with Gasteiger partial charge in [-0.05, 0) is 49.8 Å². The number of nitrogens with one attached hydrogen (secondary N) is 1. The fourth-order valence-electron chi connectivity index (χ4n) is 3.77. The summed E-state index contributed by atoms with van der Waals surface area (Å²) in [6.07, 6.45) is 7.13. The lowest BCUT2D eigenvalue weighted by molar-refractivity contribution is -0.113. The summed E-state index contributed by atoms with van der Waals surface area (Å²) in [7, 11) is -3.50. The van der Waals surface area contributed by atoms with Gasteiger partial charge in [0.2, 0.25) is 15.9 Å². The maximum Gasteiger partial charge on any atom is 0.244 e. The van der Waals surface area contributed by atoms with E-state index in [4.69, 9.17) is 0 Å². The molecule has 2 aromatic heterocycles. The van der Waals surface area contributed by atoms with Crippen LogP contribution >= 0.6 is 23.1 Å². The SMILES string of the molecule is N#Cc1c(NC(=O)CSc2ccc(S(=O)(=O)N3CCCCC3)cn2)sc2c1CCC2. The minimum absolute atomic E-state index is 0.138. The largest absolute Gasteiger partial charge is 0.316 e. The number of carbonyl (C=O) groups is 1. The maximum atomic E-state index is 12.7. The number of thioether (sulfide) groups is 1. The number of piperidine rings is 1. The van der Waals surface area contributed by atoms with E-state index in [2.05, 4.69) is 16.4 Å². The Morgan fingerprint density at radius 1 is 1.23 bits per heavy atom. The third-order valence-electron chi connectivity index (χ3n) is 5.30. The first-order chi connectivity index (χ1) is 14.5. The molecule has 1 N–H and O–H groups in total. The summed E-state index contributed by atoms with van der Waals surface area (Å²) in [4.78, 5) is 18.0. The molecule has 30 heavy (non-hydrogen) atoms. The number of hydrogen-bond donors (Lipinski definition) is 1. The van der Waals surface area contributed by atoms with Crippen LogP contribution in [0.25, 0.3) is 0 Å². The Kier molecular flexibility index (Phi) is 6.43. The fraction of sp³-hybridized carbons (Fsp3) is 0.450. The number of aryl methyl sites for hydroxylation is 1. The number of fused-ring (bicyclic) bond motifs is 1. The van der Waals surface area contributed by atoms with E-state index >= 15 is 0 Å². The lowest BCUT2D eigenvalue weighted by Crippen LogP contribution is -2.35.